The summed E-state index contributed by atoms with van der Waals surface area (Å²) in [6.45, 7) is 4.23. The smallest absolute Gasteiger partial charge is 0.276 e. The minimum Gasteiger partial charge on any atom is -0.370 e. The third-order valence-electron chi connectivity index (χ3n) is 3.50. The van der Waals surface area contributed by atoms with Gasteiger partial charge in [0.05, 0.1) is 17.1 Å². The highest BCUT2D eigenvalue weighted by Crippen LogP contribution is 2.29. The first-order valence-electron chi connectivity index (χ1n) is 6.88. The van der Waals surface area contributed by atoms with E-state index in [4.69, 9.17) is 0 Å². The van der Waals surface area contributed by atoms with Crippen LogP contribution in [-0.4, -0.2) is 23.0 Å². The molecule has 0 fully saturated rings. The van der Waals surface area contributed by atoms with Gasteiger partial charge in [0.25, 0.3) is 5.69 Å². The van der Waals surface area contributed by atoms with Crippen LogP contribution >= 0.6 is 11.3 Å². The zero-order valence-corrected chi connectivity index (χ0v) is 12.5. The van der Waals surface area contributed by atoms with Crippen LogP contribution in [0.25, 0.3) is 0 Å². The standard InChI is InChI=1S/C14H16N4O2S/c1-2-15-13-7-11(18(19)20)8-14(16-13)17-5-3-12-10(9-17)4-6-21-12/h4,6-8H,2-3,5,9H2,1H3,(H,15,16). The zero-order chi connectivity index (χ0) is 14.8. The maximum absolute atomic E-state index is 11.1. The number of pyridine rings is 1. The van der Waals surface area contributed by atoms with Gasteiger partial charge in [-0.25, -0.2) is 4.98 Å². The molecule has 7 heteroatoms. The maximum atomic E-state index is 11.1. The van der Waals surface area contributed by atoms with Gasteiger partial charge in [-0.2, -0.15) is 0 Å². The molecule has 0 atom stereocenters. The lowest BCUT2D eigenvalue weighted by atomic mass is 10.1. The van der Waals surface area contributed by atoms with Crippen molar-refractivity contribution in [2.45, 2.75) is 19.9 Å². The molecule has 110 valence electrons. The SMILES string of the molecule is CCNc1cc([N+](=O)[O-])cc(N2CCc3sccc3C2)n1. The van der Waals surface area contributed by atoms with Gasteiger partial charge < -0.3 is 10.2 Å². The second kappa shape index (κ2) is 5.69. The average Bonchev–Trinajstić information content (AvgIpc) is 2.94. The van der Waals surface area contributed by atoms with E-state index in [1.165, 1.54) is 16.5 Å². The molecule has 2 aromatic heterocycles. The number of hydrogen-bond donors (Lipinski definition) is 1. The van der Waals surface area contributed by atoms with Crippen molar-refractivity contribution in [1.29, 1.82) is 0 Å². The minimum atomic E-state index is -0.369. The monoisotopic (exact) mass is 304 g/mol. The van der Waals surface area contributed by atoms with Gasteiger partial charge in [-0.15, -0.1) is 11.3 Å². The largest absolute Gasteiger partial charge is 0.370 e. The summed E-state index contributed by atoms with van der Waals surface area (Å²) in [4.78, 5) is 18.7. The molecular weight excluding hydrogens is 288 g/mol. The lowest BCUT2D eigenvalue weighted by Crippen LogP contribution is -2.30. The van der Waals surface area contributed by atoms with Crippen LogP contribution in [0.3, 0.4) is 0 Å². The summed E-state index contributed by atoms with van der Waals surface area (Å²) in [5.41, 5.74) is 1.37. The van der Waals surface area contributed by atoms with Gasteiger partial charge in [0, 0.05) is 24.5 Å². The van der Waals surface area contributed by atoms with E-state index in [1.807, 2.05) is 6.92 Å². The van der Waals surface area contributed by atoms with Crippen molar-refractivity contribution in [3.8, 4) is 0 Å². The highest BCUT2D eigenvalue weighted by Gasteiger charge is 2.21. The molecule has 0 aliphatic carbocycles. The first kappa shape index (κ1) is 13.8. The van der Waals surface area contributed by atoms with Crippen molar-refractivity contribution in [1.82, 2.24) is 4.98 Å². The highest BCUT2D eigenvalue weighted by atomic mass is 32.1. The van der Waals surface area contributed by atoms with E-state index in [1.54, 1.807) is 17.4 Å². The van der Waals surface area contributed by atoms with E-state index in [2.05, 4.69) is 26.6 Å². The minimum absolute atomic E-state index is 0.0760. The third-order valence-corrected chi connectivity index (χ3v) is 4.52. The summed E-state index contributed by atoms with van der Waals surface area (Å²) in [5, 5.41) is 16.2. The van der Waals surface area contributed by atoms with Crippen molar-refractivity contribution >= 4 is 28.7 Å². The van der Waals surface area contributed by atoms with Gasteiger partial charge >= 0.3 is 0 Å². The first-order valence-corrected chi connectivity index (χ1v) is 7.76. The van der Waals surface area contributed by atoms with Crippen LogP contribution in [0.1, 0.15) is 17.4 Å². The van der Waals surface area contributed by atoms with E-state index in [0.717, 1.165) is 19.5 Å². The Kier molecular flexibility index (Phi) is 3.74. The lowest BCUT2D eigenvalue weighted by Gasteiger charge is -2.28. The molecule has 0 saturated carbocycles. The molecule has 0 saturated heterocycles. The molecule has 0 spiro atoms. The Morgan fingerprint density at radius 2 is 2.38 bits per heavy atom. The molecule has 0 bridgehead atoms. The molecule has 2 aromatic rings. The summed E-state index contributed by atoms with van der Waals surface area (Å²) in [6.07, 6.45) is 0.966. The van der Waals surface area contributed by atoms with Crippen LogP contribution in [0.4, 0.5) is 17.3 Å². The van der Waals surface area contributed by atoms with Crippen LogP contribution in [0, 0.1) is 10.1 Å². The predicted octanol–water partition coefficient (Wildman–Crippen LogP) is 3.05. The number of nitrogens with zero attached hydrogens (tertiary/aromatic N) is 3. The Balaban J connectivity index is 1.92. The number of thiophene rings is 1. The van der Waals surface area contributed by atoms with E-state index < -0.39 is 0 Å². The zero-order valence-electron chi connectivity index (χ0n) is 11.7. The van der Waals surface area contributed by atoms with Crippen molar-refractivity contribution < 1.29 is 4.92 Å². The topological polar surface area (TPSA) is 71.3 Å². The number of rotatable bonds is 4. The van der Waals surface area contributed by atoms with Gasteiger partial charge in [0.1, 0.15) is 11.6 Å². The van der Waals surface area contributed by atoms with Crippen molar-refractivity contribution in [3.05, 3.63) is 44.1 Å². The van der Waals surface area contributed by atoms with Gasteiger partial charge in [0.2, 0.25) is 0 Å². The number of hydrogen-bond acceptors (Lipinski definition) is 6. The van der Waals surface area contributed by atoms with Crippen molar-refractivity contribution in [2.75, 3.05) is 23.3 Å². The molecule has 6 nitrogen and oxygen atoms in total. The van der Waals surface area contributed by atoms with Crippen LogP contribution in [0.2, 0.25) is 0 Å². The molecule has 1 aliphatic rings. The van der Waals surface area contributed by atoms with Crippen LogP contribution < -0.4 is 10.2 Å². The van der Waals surface area contributed by atoms with Crippen LogP contribution in [0.5, 0.6) is 0 Å². The van der Waals surface area contributed by atoms with Crippen LogP contribution in [0.15, 0.2) is 23.6 Å². The van der Waals surface area contributed by atoms with E-state index >= 15 is 0 Å². The Morgan fingerprint density at radius 1 is 1.52 bits per heavy atom. The Bertz CT molecular complexity index is 671. The number of nitro groups is 1. The molecule has 0 aromatic carbocycles. The molecule has 0 amide bonds. The van der Waals surface area contributed by atoms with Gasteiger partial charge in [-0.3, -0.25) is 10.1 Å². The number of nitrogens with one attached hydrogen (secondary N) is 1. The summed E-state index contributed by atoms with van der Waals surface area (Å²) in [7, 11) is 0. The molecule has 0 unspecified atom stereocenters. The Hall–Kier alpha value is -2.15. The molecule has 0 radical (unpaired) electrons. The lowest BCUT2D eigenvalue weighted by molar-refractivity contribution is -0.384. The van der Waals surface area contributed by atoms with Gasteiger partial charge in [0.15, 0.2) is 0 Å². The van der Waals surface area contributed by atoms with E-state index in [9.17, 15) is 10.1 Å². The second-order valence-corrected chi connectivity index (χ2v) is 5.90. The number of fused-ring (bicyclic) bond motifs is 1. The molecule has 21 heavy (non-hydrogen) atoms. The summed E-state index contributed by atoms with van der Waals surface area (Å²) in [5.74, 6) is 1.22. The molecule has 3 heterocycles. The van der Waals surface area contributed by atoms with Crippen LogP contribution in [-0.2, 0) is 13.0 Å². The summed E-state index contributed by atoms with van der Waals surface area (Å²) in [6, 6.07) is 5.15. The summed E-state index contributed by atoms with van der Waals surface area (Å²) >= 11 is 1.77. The predicted molar refractivity (Wildman–Crippen MR) is 84.1 cm³/mol. The molecule has 3 rings (SSSR count). The first-order chi connectivity index (χ1) is 10.2. The Morgan fingerprint density at radius 3 is 3.14 bits per heavy atom. The normalized spacial score (nSPS) is 13.9. The van der Waals surface area contributed by atoms with E-state index in [-0.39, 0.29) is 10.6 Å². The average molecular weight is 304 g/mol. The van der Waals surface area contributed by atoms with Crippen molar-refractivity contribution in [2.24, 2.45) is 0 Å². The fourth-order valence-electron chi connectivity index (χ4n) is 2.49. The highest BCUT2D eigenvalue weighted by molar-refractivity contribution is 7.10. The second-order valence-electron chi connectivity index (χ2n) is 4.90. The van der Waals surface area contributed by atoms with Gasteiger partial charge in [-0.05, 0) is 30.4 Å². The number of anilines is 2. The molecule has 1 aliphatic heterocycles. The van der Waals surface area contributed by atoms with E-state index in [0.29, 0.717) is 18.2 Å². The Labute approximate surface area is 126 Å². The molecule has 1 N–H and O–H groups in total. The maximum Gasteiger partial charge on any atom is 0.276 e. The fraction of sp³-hybridized carbons (Fsp3) is 0.357. The molecular formula is C14H16N4O2S. The summed E-state index contributed by atoms with van der Waals surface area (Å²) < 4.78 is 0. The third kappa shape index (κ3) is 2.82. The quantitative estimate of drug-likeness (QED) is 0.694. The fourth-order valence-corrected chi connectivity index (χ4v) is 3.37. The van der Waals surface area contributed by atoms with Crippen molar-refractivity contribution in [3.63, 3.8) is 0 Å². The van der Waals surface area contributed by atoms with Gasteiger partial charge in [-0.1, -0.05) is 0 Å². The number of aromatic nitrogens is 1.